The first-order valence-corrected chi connectivity index (χ1v) is 17.0. The van der Waals surface area contributed by atoms with Crippen molar-refractivity contribution in [2.24, 2.45) is 59.2 Å². The molecule has 0 bridgehead atoms. The first-order chi connectivity index (χ1) is 16.8. The fourth-order valence-corrected chi connectivity index (χ4v) is 13.6. The van der Waals surface area contributed by atoms with Crippen LogP contribution >= 0.6 is 11.8 Å². The van der Waals surface area contributed by atoms with Gasteiger partial charge in [-0.15, -0.1) is 6.58 Å². The third-order valence-corrected chi connectivity index (χ3v) is 14.4. The molecule has 0 aromatic heterocycles. The molecule has 1 aliphatic heterocycles. The molecule has 6 fully saturated rings. The van der Waals surface area contributed by atoms with Gasteiger partial charge in [-0.25, -0.2) is 0 Å². The normalized spacial score (nSPS) is 48.6. The molecule has 0 spiro atoms. The number of allylic oxidation sites excluding steroid dienone is 1. The lowest BCUT2D eigenvalue weighted by molar-refractivity contribution is 0.113. The van der Waals surface area contributed by atoms with E-state index in [1.165, 1.54) is 32.1 Å². The monoisotopic (exact) mass is 482 g/mol. The quantitative estimate of drug-likeness (QED) is 0.245. The maximum atomic E-state index is 4.02. The number of fused-ring (bicyclic) bond motifs is 6. The Kier molecular flexibility index (Phi) is 7.78. The van der Waals surface area contributed by atoms with Crippen molar-refractivity contribution < 1.29 is 0 Å². The molecule has 192 valence electrons. The summed E-state index contributed by atoms with van der Waals surface area (Å²) in [6, 6.07) is 0. The summed E-state index contributed by atoms with van der Waals surface area (Å²) in [5, 5.41) is 2.08. The molecule has 0 radical (unpaired) electrons. The van der Waals surface area contributed by atoms with E-state index < -0.39 is 0 Å². The van der Waals surface area contributed by atoms with Crippen LogP contribution in [-0.2, 0) is 0 Å². The molecule has 0 amide bonds. The third-order valence-electron chi connectivity index (χ3n) is 12.5. The number of unbranched alkanes of at least 4 members (excludes halogenated alkanes) is 2. The lowest BCUT2D eigenvalue weighted by atomic mass is 9.67. The minimum atomic E-state index is 0.992. The van der Waals surface area contributed by atoms with Crippen LogP contribution < -0.4 is 0 Å². The molecule has 1 heterocycles. The Labute approximate surface area is 216 Å². The largest absolute Gasteiger partial charge is 0.154 e. The minimum absolute atomic E-state index is 0.992. The molecular weight excluding hydrogens is 428 g/mol. The highest BCUT2D eigenvalue weighted by Crippen LogP contribution is 2.64. The van der Waals surface area contributed by atoms with E-state index in [-0.39, 0.29) is 0 Å². The maximum Gasteiger partial charge on any atom is 0.0112 e. The fourth-order valence-electron chi connectivity index (χ4n) is 11.3. The molecule has 6 aliphatic rings. The SMILES string of the molecule is C=CCCCCC(CC1C(C)CC2C3CCCCC3SC12)C1C2CCCCC2C2CCCCC21. The molecule has 0 aromatic carbocycles. The minimum Gasteiger partial charge on any atom is -0.154 e. The first-order valence-electron chi connectivity index (χ1n) is 16.0. The molecule has 0 nitrogen and oxygen atoms in total. The van der Waals surface area contributed by atoms with Gasteiger partial charge in [0.25, 0.3) is 0 Å². The molecule has 5 saturated carbocycles. The molecule has 0 aromatic rings. The van der Waals surface area contributed by atoms with Crippen LogP contribution in [0.2, 0.25) is 0 Å². The number of rotatable bonds is 8. The van der Waals surface area contributed by atoms with Crippen molar-refractivity contribution in [2.75, 3.05) is 0 Å². The van der Waals surface area contributed by atoms with Gasteiger partial charge in [-0.1, -0.05) is 64.4 Å². The average Bonchev–Trinajstić information content (AvgIpc) is 3.49. The maximum absolute atomic E-state index is 4.02. The molecule has 11 unspecified atom stereocenters. The van der Waals surface area contributed by atoms with Gasteiger partial charge in [0.1, 0.15) is 0 Å². The Hall–Kier alpha value is 0.0900. The van der Waals surface area contributed by atoms with Gasteiger partial charge in [0.2, 0.25) is 0 Å². The molecule has 34 heavy (non-hydrogen) atoms. The third kappa shape index (κ3) is 4.49. The van der Waals surface area contributed by atoms with Crippen molar-refractivity contribution in [1.82, 2.24) is 0 Å². The van der Waals surface area contributed by atoms with Crippen molar-refractivity contribution >= 4 is 11.8 Å². The second-order valence-corrected chi connectivity index (χ2v) is 15.4. The smallest absolute Gasteiger partial charge is 0.0112 e. The Morgan fingerprint density at radius 1 is 0.765 bits per heavy atom. The van der Waals surface area contributed by atoms with Crippen LogP contribution in [-0.4, -0.2) is 10.5 Å². The van der Waals surface area contributed by atoms with E-state index in [4.69, 9.17) is 0 Å². The van der Waals surface area contributed by atoms with E-state index in [1.54, 1.807) is 83.5 Å². The van der Waals surface area contributed by atoms with E-state index >= 15 is 0 Å². The van der Waals surface area contributed by atoms with Crippen molar-refractivity contribution in [3.05, 3.63) is 12.7 Å². The van der Waals surface area contributed by atoms with Crippen molar-refractivity contribution in [1.29, 1.82) is 0 Å². The topological polar surface area (TPSA) is 0 Å². The zero-order chi connectivity index (χ0) is 23.1. The molecule has 6 rings (SSSR count). The van der Waals surface area contributed by atoms with Gasteiger partial charge in [0.15, 0.2) is 0 Å². The second kappa shape index (κ2) is 10.8. The summed E-state index contributed by atoms with van der Waals surface area (Å²) >= 11 is 2.53. The lowest BCUT2D eigenvalue weighted by Gasteiger charge is -2.39. The van der Waals surface area contributed by atoms with Crippen LogP contribution in [0, 0.1) is 59.2 Å². The van der Waals surface area contributed by atoms with Crippen LogP contribution in [0.25, 0.3) is 0 Å². The van der Waals surface area contributed by atoms with E-state index in [1.807, 2.05) is 0 Å². The van der Waals surface area contributed by atoms with Gasteiger partial charge >= 0.3 is 0 Å². The lowest BCUT2D eigenvalue weighted by Crippen LogP contribution is -2.32. The van der Waals surface area contributed by atoms with E-state index in [2.05, 4.69) is 31.3 Å². The summed E-state index contributed by atoms with van der Waals surface area (Å²) in [5.74, 6) is 10.8. The molecule has 11 atom stereocenters. The molecule has 1 saturated heterocycles. The standard InChI is InChI=1S/C33H54S/c1-3-4-5-6-13-23(32-27-17-9-7-14-24(27)25-15-8-10-18-28(25)32)21-29-22(2)20-30-26-16-11-12-19-31(26)34-33(29)30/h3,22-33H,1,4-21H2,2H3. The summed E-state index contributed by atoms with van der Waals surface area (Å²) in [6.45, 7) is 6.70. The average molecular weight is 483 g/mol. The Morgan fingerprint density at radius 2 is 1.38 bits per heavy atom. The van der Waals surface area contributed by atoms with Gasteiger partial charge in [-0.05, 0) is 123 Å². The zero-order valence-corrected chi connectivity index (χ0v) is 23.2. The van der Waals surface area contributed by atoms with Gasteiger partial charge in [0, 0.05) is 10.5 Å². The zero-order valence-electron chi connectivity index (χ0n) is 22.3. The fraction of sp³-hybridized carbons (Fsp3) is 0.939. The van der Waals surface area contributed by atoms with Crippen LogP contribution in [0.1, 0.15) is 122 Å². The number of hydrogen-bond donors (Lipinski definition) is 0. The summed E-state index contributed by atoms with van der Waals surface area (Å²) in [7, 11) is 0. The van der Waals surface area contributed by atoms with E-state index in [0.717, 1.165) is 69.7 Å². The number of hydrogen-bond acceptors (Lipinski definition) is 1. The van der Waals surface area contributed by atoms with Gasteiger partial charge < -0.3 is 0 Å². The molecule has 0 N–H and O–H groups in total. The highest BCUT2D eigenvalue weighted by Gasteiger charge is 2.56. The predicted molar refractivity (Wildman–Crippen MR) is 149 cm³/mol. The van der Waals surface area contributed by atoms with Crippen molar-refractivity contribution in [3.8, 4) is 0 Å². The molecule has 5 aliphatic carbocycles. The predicted octanol–water partition coefficient (Wildman–Crippen LogP) is 9.93. The number of thioether (sulfide) groups is 1. The van der Waals surface area contributed by atoms with E-state index in [9.17, 15) is 0 Å². The van der Waals surface area contributed by atoms with Gasteiger partial charge in [0.05, 0.1) is 0 Å². The Morgan fingerprint density at radius 3 is 2.06 bits per heavy atom. The highest BCUT2D eigenvalue weighted by molar-refractivity contribution is 8.00. The van der Waals surface area contributed by atoms with Crippen molar-refractivity contribution in [2.45, 2.75) is 133 Å². The van der Waals surface area contributed by atoms with Gasteiger partial charge in [-0.3, -0.25) is 0 Å². The van der Waals surface area contributed by atoms with Crippen LogP contribution in [0.15, 0.2) is 12.7 Å². The van der Waals surface area contributed by atoms with Crippen molar-refractivity contribution in [3.63, 3.8) is 0 Å². The molecular formula is C33H54S. The van der Waals surface area contributed by atoms with Crippen LogP contribution in [0.5, 0.6) is 0 Å². The van der Waals surface area contributed by atoms with E-state index in [0.29, 0.717) is 0 Å². The highest BCUT2D eigenvalue weighted by atomic mass is 32.2. The van der Waals surface area contributed by atoms with Crippen LogP contribution in [0.3, 0.4) is 0 Å². The summed E-state index contributed by atoms with van der Waals surface area (Å²) in [4.78, 5) is 0. The summed E-state index contributed by atoms with van der Waals surface area (Å²) in [5.41, 5.74) is 0. The summed E-state index contributed by atoms with van der Waals surface area (Å²) < 4.78 is 0. The second-order valence-electron chi connectivity index (χ2n) is 14.0. The molecule has 1 heteroatoms. The van der Waals surface area contributed by atoms with Crippen LogP contribution in [0.4, 0.5) is 0 Å². The first kappa shape index (κ1) is 24.4. The Bertz CT molecular complexity index is 662. The Balaban J connectivity index is 1.23. The van der Waals surface area contributed by atoms with Gasteiger partial charge in [-0.2, -0.15) is 11.8 Å². The summed E-state index contributed by atoms with van der Waals surface area (Å²) in [6.07, 6.45) is 29.7.